The Morgan fingerprint density at radius 3 is 2.60 bits per heavy atom. The second-order valence-electron chi connectivity index (χ2n) is 4.24. The quantitative estimate of drug-likeness (QED) is 0.858. The van der Waals surface area contributed by atoms with Crippen molar-refractivity contribution in [2.75, 3.05) is 4.72 Å². The molecule has 2 aromatic rings. The lowest BCUT2D eigenvalue weighted by atomic mass is 10.1. The van der Waals surface area contributed by atoms with Crippen LogP contribution in [-0.2, 0) is 16.4 Å². The highest BCUT2D eigenvalue weighted by molar-refractivity contribution is 9.10. The van der Waals surface area contributed by atoms with E-state index in [0.29, 0.717) is 15.2 Å². The van der Waals surface area contributed by atoms with Crippen LogP contribution >= 0.6 is 27.5 Å². The molecule has 106 valence electrons. The SMILES string of the molecule is CCc1cccc(NS(=O)(=O)c2ccc(Cl)c(Br)c2)c1. The Balaban J connectivity index is 2.32. The van der Waals surface area contributed by atoms with Crippen LogP contribution in [0.3, 0.4) is 0 Å². The second kappa shape index (κ2) is 6.16. The van der Waals surface area contributed by atoms with E-state index < -0.39 is 10.0 Å². The minimum Gasteiger partial charge on any atom is -0.280 e. The van der Waals surface area contributed by atoms with Crippen molar-refractivity contribution >= 4 is 43.2 Å². The van der Waals surface area contributed by atoms with Crippen LogP contribution in [0.2, 0.25) is 5.02 Å². The van der Waals surface area contributed by atoms with E-state index in [0.717, 1.165) is 12.0 Å². The van der Waals surface area contributed by atoms with Crippen LogP contribution in [0.5, 0.6) is 0 Å². The lowest BCUT2D eigenvalue weighted by Crippen LogP contribution is -2.13. The molecule has 1 N–H and O–H groups in total. The van der Waals surface area contributed by atoms with Gasteiger partial charge in [0.15, 0.2) is 0 Å². The summed E-state index contributed by atoms with van der Waals surface area (Å²) in [5.74, 6) is 0. The van der Waals surface area contributed by atoms with Crippen LogP contribution in [0, 0.1) is 0 Å². The molecule has 0 bridgehead atoms. The average Bonchev–Trinajstić information content (AvgIpc) is 2.41. The molecule has 0 saturated heterocycles. The molecule has 0 aliphatic carbocycles. The summed E-state index contributed by atoms with van der Waals surface area (Å²) in [5.41, 5.74) is 1.62. The van der Waals surface area contributed by atoms with Crippen molar-refractivity contribution < 1.29 is 8.42 Å². The van der Waals surface area contributed by atoms with E-state index in [1.165, 1.54) is 12.1 Å². The van der Waals surface area contributed by atoms with Gasteiger partial charge in [0.05, 0.1) is 9.92 Å². The predicted octanol–water partition coefficient (Wildman–Crippen LogP) is 4.47. The van der Waals surface area contributed by atoms with Crippen LogP contribution in [-0.4, -0.2) is 8.42 Å². The Labute approximate surface area is 132 Å². The molecule has 0 aromatic heterocycles. The van der Waals surface area contributed by atoms with Crippen molar-refractivity contribution in [3.8, 4) is 0 Å². The van der Waals surface area contributed by atoms with Gasteiger partial charge in [0, 0.05) is 10.2 Å². The molecule has 0 spiro atoms. The molecule has 0 amide bonds. The number of hydrogen-bond donors (Lipinski definition) is 1. The van der Waals surface area contributed by atoms with Crippen LogP contribution in [0.15, 0.2) is 51.8 Å². The Bertz CT molecular complexity index is 732. The number of benzene rings is 2. The summed E-state index contributed by atoms with van der Waals surface area (Å²) in [4.78, 5) is 0.163. The van der Waals surface area contributed by atoms with E-state index in [1.807, 2.05) is 25.1 Å². The highest BCUT2D eigenvalue weighted by atomic mass is 79.9. The highest BCUT2D eigenvalue weighted by Gasteiger charge is 2.15. The van der Waals surface area contributed by atoms with Crippen LogP contribution in [0.1, 0.15) is 12.5 Å². The number of anilines is 1. The lowest BCUT2D eigenvalue weighted by molar-refractivity contribution is 0.601. The molecule has 2 rings (SSSR count). The summed E-state index contributed by atoms with van der Waals surface area (Å²) in [5, 5.41) is 0.469. The second-order valence-corrected chi connectivity index (χ2v) is 7.18. The van der Waals surface area contributed by atoms with Gasteiger partial charge in [0.2, 0.25) is 0 Å². The Morgan fingerprint density at radius 2 is 1.95 bits per heavy atom. The third kappa shape index (κ3) is 3.53. The molecule has 0 radical (unpaired) electrons. The first kappa shape index (κ1) is 15.4. The van der Waals surface area contributed by atoms with E-state index in [-0.39, 0.29) is 4.90 Å². The molecule has 0 saturated carbocycles. The van der Waals surface area contributed by atoms with Gasteiger partial charge in [0.1, 0.15) is 0 Å². The van der Waals surface area contributed by atoms with Gasteiger partial charge in [-0.3, -0.25) is 4.72 Å². The van der Waals surface area contributed by atoms with Crippen molar-refractivity contribution in [2.45, 2.75) is 18.2 Å². The maximum Gasteiger partial charge on any atom is 0.261 e. The van der Waals surface area contributed by atoms with Crippen molar-refractivity contribution in [1.82, 2.24) is 0 Å². The van der Waals surface area contributed by atoms with E-state index >= 15 is 0 Å². The van der Waals surface area contributed by atoms with E-state index in [4.69, 9.17) is 11.6 Å². The first-order valence-corrected chi connectivity index (χ1v) is 8.64. The van der Waals surface area contributed by atoms with Gasteiger partial charge in [-0.2, -0.15) is 0 Å². The van der Waals surface area contributed by atoms with E-state index in [9.17, 15) is 8.42 Å². The number of aryl methyl sites for hydroxylation is 1. The summed E-state index contributed by atoms with van der Waals surface area (Å²) in [6.45, 7) is 2.02. The van der Waals surface area contributed by atoms with Gasteiger partial charge in [-0.1, -0.05) is 30.7 Å². The molecule has 3 nitrogen and oxygen atoms in total. The van der Waals surface area contributed by atoms with Crippen LogP contribution in [0.4, 0.5) is 5.69 Å². The Morgan fingerprint density at radius 1 is 1.20 bits per heavy atom. The summed E-state index contributed by atoms with van der Waals surface area (Å²) < 4.78 is 27.7. The zero-order valence-corrected chi connectivity index (χ0v) is 13.9. The smallest absolute Gasteiger partial charge is 0.261 e. The molecule has 6 heteroatoms. The summed E-state index contributed by atoms with van der Waals surface area (Å²) in [6, 6.07) is 11.8. The summed E-state index contributed by atoms with van der Waals surface area (Å²) in [7, 11) is -3.62. The average molecular weight is 375 g/mol. The molecule has 0 fully saturated rings. The first-order chi connectivity index (χ1) is 9.42. The molecule has 0 aliphatic heterocycles. The van der Waals surface area contributed by atoms with Crippen molar-refractivity contribution in [3.05, 3.63) is 57.5 Å². The molecule has 20 heavy (non-hydrogen) atoms. The largest absolute Gasteiger partial charge is 0.280 e. The van der Waals surface area contributed by atoms with Gasteiger partial charge < -0.3 is 0 Å². The molecular formula is C14H13BrClNO2S. The number of halogens is 2. The molecule has 0 aliphatic rings. The number of nitrogens with one attached hydrogen (secondary N) is 1. The number of rotatable bonds is 4. The maximum atomic E-state index is 12.3. The monoisotopic (exact) mass is 373 g/mol. The van der Waals surface area contributed by atoms with Gasteiger partial charge >= 0.3 is 0 Å². The summed E-state index contributed by atoms with van der Waals surface area (Å²) in [6.07, 6.45) is 0.849. The normalized spacial score (nSPS) is 11.3. The van der Waals surface area contributed by atoms with E-state index in [1.54, 1.807) is 12.1 Å². The highest BCUT2D eigenvalue weighted by Crippen LogP contribution is 2.26. The number of sulfonamides is 1. The van der Waals surface area contributed by atoms with Crippen molar-refractivity contribution in [1.29, 1.82) is 0 Å². The third-order valence-electron chi connectivity index (χ3n) is 2.79. The molecule has 2 aromatic carbocycles. The minimum atomic E-state index is -3.62. The van der Waals surface area contributed by atoms with Crippen molar-refractivity contribution in [2.24, 2.45) is 0 Å². The third-order valence-corrected chi connectivity index (χ3v) is 5.38. The van der Waals surface area contributed by atoms with E-state index in [2.05, 4.69) is 20.7 Å². The zero-order valence-electron chi connectivity index (χ0n) is 10.7. The number of hydrogen-bond acceptors (Lipinski definition) is 2. The Hall–Kier alpha value is -1.04. The van der Waals surface area contributed by atoms with Crippen molar-refractivity contribution in [3.63, 3.8) is 0 Å². The Kier molecular flexibility index (Phi) is 4.73. The van der Waals surface area contributed by atoms with Gasteiger partial charge in [0.25, 0.3) is 10.0 Å². The molecule has 0 unspecified atom stereocenters. The van der Waals surface area contributed by atoms with Gasteiger partial charge in [-0.15, -0.1) is 0 Å². The maximum absolute atomic E-state index is 12.3. The van der Waals surface area contributed by atoms with Gasteiger partial charge in [-0.05, 0) is 58.2 Å². The van der Waals surface area contributed by atoms with Crippen LogP contribution < -0.4 is 4.72 Å². The van der Waals surface area contributed by atoms with Crippen LogP contribution in [0.25, 0.3) is 0 Å². The molecule has 0 atom stereocenters. The first-order valence-electron chi connectivity index (χ1n) is 5.99. The topological polar surface area (TPSA) is 46.2 Å². The van der Waals surface area contributed by atoms with Gasteiger partial charge in [-0.25, -0.2) is 8.42 Å². The predicted molar refractivity (Wildman–Crippen MR) is 85.8 cm³/mol. The lowest BCUT2D eigenvalue weighted by Gasteiger charge is -2.10. The molecular weight excluding hydrogens is 362 g/mol. The fraction of sp³-hybridized carbons (Fsp3) is 0.143. The standard InChI is InChI=1S/C14H13BrClNO2S/c1-2-10-4-3-5-11(8-10)17-20(18,19)12-6-7-14(16)13(15)9-12/h3-9,17H,2H2,1H3. The summed E-state index contributed by atoms with van der Waals surface area (Å²) >= 11 is 9.09. The molecule has 0 heterocycles. The zero-order chi connectivity index (χ0) is 14.8. The fourth-order valence-corrected chi connectivity index (χ4v) is 3.44. The fourth-order valence-electron chi connectivity index (χ4n) is 1.71. The minimum absolute atomic E-state index is 0.163.